The molecule has 2 aromatic heterocycles. The molecule has 0 fully saturated rings. The zero-order valence-electron chi connectivity index (χ0n) is 12.6. The van der Waals surface area contributed by atoms with Gasteiger partial charge in [0.15, 0.2) is 5.76 Å². The molecule has 1 amide bonds. The highest BCUT2D eigenvalue weighted by Crippen LogP contribution is 2.20. The van der Waals surface area contributed by atoms with Crippen LogP contribution in [0, 0.1) is 0 Å². The topological polar surface area (TPSA) is 71.5 Å². The molecule has 1 unspecified atom stereocenters. The predicted molar refractivity (Wildman–Crippen MR) is 78.4 cm³/mol. The fourth-order valence-corrected chi connectivity index (χ4v) is 2.14. The lowest BCUT2D eigenvalue weighted by Gasteiger charge is -2.24. The van der Waals surface area contributed by atoms with E-state index in [-0.39, 0.29) is 11.9 Å². The van der Waals surface area contributed by atoms with Gasteiger partial charge in [-0.2, -0.15) is 0 Å². The van der Waals surface area contributed by atoms with Crippen molar-refractivity contribution in [3.63, 3.8) is 0 Å². The SMILES string of the molecule is CCC(C(=O)NCc1cc(-c2ccco2)on1)N(C)CC. The van der Waals surface area contributed by atoms with Crippen molar-refractivity contribution in [3.8, 4) is 11.5 Å². The molecule has 1 atom stereocenters. The molecule has 6 heteroatoms. The summed E-state index contributed by atoms with van der Waals surface area (Å²) in [5.74, 6) is 1.18. The minimum absolute atomic E-state index is 0.00407. The number of carbonyl (C=O) groups excluding carboxylic acids is 1. The number of furan rings is 1. The third-order valence-electron chi connectivity index (χ3n) is 3.49. The van der Waals surface area contributed by atoms with E-state index in [0.717, 1.165) is 13.0 Å². The quantitative estimate of drug-likeness (QED) is 0.847. The van der Waals surface area contributed by atoms with Crippen LogP contribution in [0.1, 0.15) is 26.0 Å². The van der Waals surface area contributed by atoms with Crippen LogP contribution in [-0.4, -0.2) is 35.6 Å². The summed E-state index contributed by atoms with van der Waals surface area (Å²) >= 11 is 0. The Kier molecular flexibility index (Phi) is 5.16. The Balaban J connectivity index is 1.92. The smallest absolute Gasteiger partial charge is 0.237 e. The van der Waals surface area contributed by atoms with E-state index in [2.05, 4.69) is 10.5 Å². The Labute approximate surface area is 124 Å². The van der Waals surface area contributed by atoms with Crippen molar-refractivity contribution in [1.82, 2.24) is 15.4 Å². The van der Waals surface area contributed by atoms with Crippen molar-refractivity contribution in [2.75, 3.05) is 13.6 Å². The average Bonchev–Trinajstić information content (AvgIpc) is 3.16. The molecular formula is C15H21N3O3. The second kappa shape index (κ2) is 7.08. The Hall–Kier alpha value is -2.08. The summed E-state index contributed by atoms with van der Waals surface area (Å²) in [5, 5.41) is 6.82. The maximum atomic E-state index is 12.2. The molecule has 0 spiro atoms. The van der Waals surface area contributed by atoms with E-state index in [1.165, 1.54) is 0 Å². The van der Waals surface area contributed by atoms with E-state index in [0.29, 0.717) is 23.8 Å². The van der Waals surface area contributed by atoms with E-state index in [4.69, 9.17) is 8.94 Å². The third-order valence-corrected chi connectivity index (χ3v) is 3.49. The van der Waals surface area contributed by atoms with Crippen molar-refractivity contribution in [2.24, 2.45) is 0 Å². The van der Waals surface area contributed by atoms with Crippen molar-refractivity contribution in [2.45, 2.75) is 32.9 Å². The lowest BCUT2D eigenvalue weighted by molar-refractivity contribution is -0.126. The van der Waals surface area contributed by atoms with Gasteiger partial charge in [-0.05, 0) is 32.1 Å². The maximum Gasteiger partial charge on any atom is 0.237 e. The number of nitrogens with one attached hydrogen (secondary N) is 1. The fourth-order valence-electron chi connectivity index (χ4n) is 2.14. The van der Waals surface area contributed by atoms with E-state index in [9.17, 15) is 4.79 Å². The average molecular weight is 291 g/mol. The lowest BCUT2D eigenvalue weighted by atomic mass is 10.2. The maximum absolute atomic E-state index is 12.2. The number of carbonyl (C=O) groups is 1. The molecule has 6 nitrogen and oxygen atoms in total. The fraction of sp³-hybridized carbons (Fsp3) is 0.467. The highest BCUT2D eigenvalue weighted by Gasteiger charge is 2.20. The third kappa shape index (κ3) is 3.72. The molecule has 2 heterocycles. The van der Waals surface area contributed by atoms with Crippen LogP contribution in [0.25, 0.3) is 11.5 Å². The summed E-state index contributed by atoms with van der Waals surface area (Å²) in [4.78, 5) is 14.2. The van der Waals surface area contributed by atoms with Gasteiger partial charge in [-0.3, -0.25) is 9.69 Å². The molecule has 0 saturated heterocycles. The molecule has 0 aromatic carbocycles. The van der Waals surface area contributed by atoms with Crippen LogP contribution in [0.15, 0.2) is 33.4 Å². The van der Waals surface area contributed by atoms with Crippen LogP contribution >= 0.6 is 0 Å². The molecule has 114 valence electrons. The first-order valence-electron chi connectivity index (χ1n) is 7.13. The molecule has 0 aliphatic carbocycles. The largest absolute Gasteiger partial charge is 0.461 e. The van der Waals surface area contributed by atoms with Crippen LogP contribution in [0.5, 0.6) is 0 Å². The number of likely N-dealkylation sites (N-methyl/N-ethyl adjacent to an activating group) is 1. The van der Waals surface area contributed by atoms with Crippen LogP contribution in [0.2, 0.25) is 0 Å². The van der Waals surface area contributed by atoms with Gasteiger partial charge in [0.25, 0.3) is 0 Å². The van der Waals surface area contributed by atoms with Crippen molar-refractivity contribution >= 4 is 5.91 Å². The standard InChI is InChI=1S/C15H21N3O3/c1-4-12(18(3)5-2)15(19)16-10-11-9-14(21-17-11)13-7-6-8-20-13/h6-9,12H,4-5,10H2,1-3H3,(H,16,19). The predicted octanol–water partition coefficient (Wildman–Crippen LogP) is 2.28. The van der Waals surface area contributed by atoms with Gasteiger partial charge in [0.2, 0.25) is 11.7 Å². The second-order valence-corrected chi connectivity index (χ2v) is 4.87. The number of rotatable bonds is 7. The highest BCUT2D eigenvalue weighted by atomic mass is 16.5. The van der Waals surface area contributed by atoms with Crippen LogP contribution < -0.4 is 5.32 Å². The Morgan fingerprint density at radius 1 is 1.43 bits per heavy atom. The zero-order chi connectivity index (χ0) is 15.2. The van der Waals surface area contributed by atoms with Gasteiger partial charge < -0.3 is 14.3 Å². The zero-order valence-corrected chi connectivity index (χ0v) is 12.6. The molecule has 2 rings (SSSR count). The number of nitrogens with zero attached hydrogens (tertiary/aromatic N) is 2. The summed E-state index contributed by atoms with van der Waals surface area (Å²) < 4.78 is 10.4. The molecular weight excluding hydrogens is 270 g/mol. The first-order chi connectivity index (χ1) is 10.2. The summed E-state index contributed by atoms with van der Waals surface area (Å²) in [6.45, 7) is 5.21. The molecule has 0 bridgehead atoms. The lowest BCUT2D eigenvalue weighted by Crippen LogP contribution is -2.44. The van der Waals surface area contributed by atoms with E-state index >= 15 is 0 Å². The molecule has 2 aromatic rings. The number of hydrogen-bond acceptors (Lipinski definition) is 5. The molecule has 0 saturated carbocycles. The first kappa shape index (κ1) is 15.3. The van der Waals surface area contributed by atoms with Gasteiger partial charge in [-0.15, -0.1) is 0 Å². The minimum atomic E-state index is -0.119. The number of aromatic nitrogens is 1. The van der Waals surface area contributed by atoms with Gasteiger partial charge in [0, 0.05) is 6.07 Å². The summed E-state index contributed by atoms with van der Waals surface area (Å²) in [6, 6.07) is 5.23. The van der Waals surface area contributed by atoms with Gasteiger partial charge in [-0.25, -0.2) is 0 Å². The van der Waals surface area contributed by atoms with E-state index < -0.39 is 0 Å². The Morgan fingerprint density at radius 2 is 2.24 bits per heavy atom. The first-order valence-corrected chi connectivity index (χ1v) is 7.13. The minimum Gasteiger partial charge on any atom is -0.461 e. The Bertz CT molecular complexity index is 562. The summed E-state index contributed by atoms with van der Waals surface area (Å²) in [7, 11) is 1.94. The summed E-state index contributed by atoms with van der Waals surface area (Å²) in [6.07, 6.45) is 2.35. The Morgan fingerprint density at radius 3 is 2.86 bits per heavy atom. The van der Waals surface area contributed by atoms with E-state index in [1.54, 1.807) is 24.5 Å². The van der Waals surface area contributed by atoms with Crippen LogP contribution in [0.4, 0.5) is 0 Å². The second-order valence-electron chi connectivity index (χ2n) is 4.87. The van der Waals surface area contributed by atoms with Crippen molar-refractivity contribution < 1.29 is 13.7 Å². The molecule has 21 heavy (non-hydrogen) atoms. The molecule has 0 aliphatic rings. The molecule has 1 N–H and O–H groups in total. The van der Waals surface area contributed by atoms with Crippen molar-refractivity contribution in [3.05, 3.63) is 30.2 Å². The highest BCUT2D eigenvalue weighted by molar-refractivity contribution is 5.81. The van der Waals surface area contributed by atoms with Gasteiger partial charge in [0.1, 0.15) is 5.69 Å². The van der Waals surface area contributed by atoms with Gasteiger partial charge >= 0.3 is 0 Å². The van der Waals surface area contributed by atoms with Crippen LogP contribution in [0.3, 0.4) is 0 Å². The van der Waals surface area contributed by atoms with Crippen molar-refractivity contribution in [1.29, 1.82) is 0 Å². The number of hydrogen-bond donors (Lipinski definition) is 1. The van der Waals surface area contributed by atoms with Gasteiger partial charge in [0.05, 0.1) is 18.8 Å². The van der Waals surface area contributed by atoms with E-state index in [1.807, 2.05) is 25.8 Å². The van der Waals surface area contributed by atoms with Gasteiger partial charge in [-0.1, -0.05) is 19.0 Å². The molecule has 0 aliphatic heterocycles. The van der Waals surface area contributed by atoms with Crippen LogP contribution in [-0.2, 0) is 11.3 Å². The number of amides is 1. The normalized spacial score (nSPS) is 12.6. The monoisotopic (exact) mass is 291 g/mol. The molecule has 0 radical (unpaired) electrons. The summed E-state index contributed by atoms with van der Waals surface area (Å²) in [5.41, 5.74) is 0.670.